The predicted octanol–water partition coefficient (Wildman–Crippen LogP) is 2.91. The number of carbonyl (C=O) groups excluding carboxylic acids is 2. The minimum atomic E-state index is -0.548. The summed E-state index contributed by atoms with van der Waals surface area (Å²) < 4.78 is 5.39. The lowest BCUT2D eigenvalue weighted by molar-refractivity contribution is -0.149. The van der Waals surface area contributed by atoms with E-state index in [0.717, 1.165) is 22.5 Å². The van der Waals surface area contributed by atoms with Crippen molar-refractivity contribution in [3.8, 4) is 0 Å². The minimum absolute atomic E-state index is 0.0160. The Morgan fingerprint density at radius 1 is 1.06 bits per heavy atom. The summed E-state index contributed by atoms with van der Waals surface area (Å²) in [4.78, 5) is 38.9. The van der Waals surface area contributed by atoms with Gasteiger partial charge in [0, 0.05) is 24.3 Å². The van der Waals surface area contributed by atoms with E-state index in [2.05, 4.69) is 20.3 Å². The Bertz CT molecular complexity index is 1130. The van der Waals surface area contributed by atoms with Gasteiger partial charge in [0.15, 0.2) is 12.4 Å². The summed E-state index contributed by atoms with van der Waals surface area (Å²) in [6.07, 6.45) is 0.103. The molecule has 9 heteroatoms. The van der Waals surface area contributed by atoms with Gasteiger partial charge in [0.1, 0.15) is 0 Å². The van der Waals surface area contributed by atoms with Gasteiger partial charge in [0.05, 0.1) is 5.92 Å². The van der Waals surface area contributed by atoms with Crippen LogP contribution in [-0.4, -0.2) is 33.4 Å². The first-order valence-electron chi connectivity index (χ1n) is 10.2. The van der Waals surface area contributed by atoms with Crippen molar-refractivity contribution < 1.29 is 14.3 Å². The van der Waals surface area contributed by atoms with Crippen molar-refractivity contribution in [1.29, 1.82) is 0 Å². The fraction of sp³-hybridized carbons (Fsp3) is 0.261. The second kappa shape index (κ2) is 9.01. The lowest BCUT2D eigenvalue weighted by Gasteiger charge is -2.16. The number of aromatic nitrogens is 3. The number of aryl methyl sites for hydroxylation is 2. The van der Waals surface area contributed by atoms with Gasteiger partial charge in [-0.2, -0.15) is 15.0 Å². The minimum Gasteiger partial charge on any atom is -0.457 e. The number of hydrogen-bond acceptors (Lipinski definition) is 8. The van der Waals surface area contributed by atoms with Gasteiger partial charge in [-0.25, -0.2) is 0 Å². The molecule has 0 bridgehead atoms. The van der Waals surface area contributed by atoms with E-state index in [-0.39, 0.29) is 43.2 Å². The molecule has 1 fully saturated rings. The lowest BCUT2D eigenvalue weighted by atomic mass is 10.1. The van der Waals surface area contributed by atoms with E-state index in [1.54, 1.807) is 4.90 Å². The number of nitrogen functional groups attached to an aromatic ring is 1. The fourth-order valence-electron chi connectivity index (χ4n) is 3.42. The summed E-state index contributed by atoms with van der Waals surface area (Å²) in [7, 11) is 0. The number of ether oxygens (including phenoxy) is 1. The molecule has 0 aliphatic carbocycles. The van der Waals surface area contributed by atoms with Crippen LogP contribution in [0.4, 0.5) is 23.3 Å². The Balaban J connectivity index is 1.37. The molecule has 9 nitrogen and oxygen atoms in total. The summed E-state index contributed by atoms with van der Waals surface area (Å²) in [6.45, 7) is 4.09. The Labute approximate surface area is 185 Å². The first kappa shape index (κ1) is 21.2. The molecule has 4 rings (SSSR count). The van der Waals surface area contributed by atoms with Gasteiger partial charge in [0.25, 0.3) is 0 Å². The number of esters is 1. The second-order valence-corrected chi connectivity index (χ2v) is 7.77. The van der Waals surface area contributed by atoms with Crippen LogP contribution in [0.3, 0.4) is 0 Å². The van der Waals surface area contributed by atoms with Crippen molar-refractivity contribution in [3.63, 3.8) is 0 Å². The molecular weight excluding hydrogens is 408 g/mol. The fourth-order valence-corrected chi connectivity index (χ4v) is 3.42. The monoisotopic (exact) mass is 432 g/mol. The van der Waals surface area contributed by atoms with E-state index >= 15 is 0 Å². The molecule has 2 aromatic carbocycles. The van der Waals surface area contributed by atoms with E-state index in [1.165, 1.54) is 0 Å². The maximum absolute atomic E-state index is 12.6. The number of nitrogens with one attached hydrogen (secondary N) is 1. The SMILES string of the molecule is Cc1ccc(Nc2nc(N)nc(COC(=O)C3CC(=O)N(c4ccc(C)cc4)C3)n2)cc1. The molecule has 0 spiro atoms. The van der Waals surface area contributed by atoms with Gasteiger partial charge < -0.3 is 20.7 Å². The van der Waals surface area contributed by atoms with Crippen LogP contribution in [0, 0.1) is 19.8 Å². The Hall–Kier alpha value is -4.01. The maximum atomic E-state index is 12.6. The average molecular weight is 432 g/mol. The summed E-state index contributed by atoms with van der Waals surface area (Å²) in [5, 5.41) is 3.05. The number of benzene rings is 2. The highest BCUT2D eigenvalue weighted by Crippen LogP contribution is 2.26. The molecule has 3 aromatic rings. The van der Waals surface area contributed by atoms with Crippen molar-refractivity contribution in [1.82, 2.24) is 15.0 Å². The normalized spacial score (nSPS) is 15.6. The topological polar surface area (TPSA) is 123 Å². The number of rotatable bonds is 6. The van der Waals surface area contributed by atoms with Crippen LogP contribution >= 0.6 is 0 Å². The predicted molar refractivity (Wildman–Crippen MR) is 120 cm³/mol. The summed E-state index contributed by atoms with van der Waals surface area (Å²) in [5.74, 6) is -0.630. The standard InChI is InChI=1S/C23H24N6O3/c1-14-3-7-17(8-4-14)25-23-27-19(26-22(24)28-23)13-32-21(31)16-11-20(30)29(12-16)18-9-5-15(2)6-10-18/h3-10,16H,11-13H2,1-2H3,(H3,24,25,26,27,28). The highest BCUT2D eigenvalue weighted by Gasteiger charge is 2.36. The van der Waals surface area contributed by atoms with Crippen molar-refractivity contribution in [3.05, 3.63) is 65.5 Å². The van der Waals surface area contributed by atoms with Crippen LogP contribution < -0.4 is 16.0 Å². The molecule has 1 aromatic heterocycles. The van der Waals surface area contributed by atoms with E-state index in [0.29, 0.717) is 0 Å². The molecule has 1 unspecified atom stereocenters. The van der Waals surface area contributed by atoms with Crippen LogP contribution in [0.5, 0.6) is 0 Å². The van der Waals surface area contributed by atoms with Crippen LogP contribution in [-0.2, 0) is 20.9 Å². The van der Waals surface area contributed by atoms with Crippen molar-refractivity contribution in [2.75, 3.05) is 22.5 Å². The van der Waals surface area contributed by atoms with Crippen LogP contribution in [0.1, 0.15) is 23.4 Å². The van der Waals surface area contributed by atoms with E-state index < -0.39 is 11.9 Å². The molecule has 2 heterocycles. The lowest BCUT2D eigenvalue weighted by Crippen LogP contribution is -2.26. The third-order valence-corrected chi connectivity index (χ3v) is 5.15. The zero-order valence-corrected chi connectivity index (χ0v) is 17.9. The quantitative estimate of drug-likeness (QED) is 0.570. The molecule has 1 saturated heterocycles. The van der Waals surface area contributed by atoms with Gasteiger partial charge in [-0.15, -0.1) is 0 Å². The van der Waals surface area contributed by atoms with E-state index in [9.17, 15) is 9.59 Å². The van der Waals surface area contributed by atoms with Crippen molar-refractivity contribution in [2.45, 2.75) is 26.9 Å². The first-order valence-corrected chi connectivity index (χ1v) is 10.2. The number of nitrogens with two attached hydrogens (primary N) is 1. The van der Waals surface area contributed by atoms with E-state index in [4.69, 9.17) is 10.5 Å². The zero-order valence-electron chi connectivity index (χ0n) is 17.9. The number of carbonyl (C=O) groups is 2. The molecule has 3 N–H and O–H groups in total. The number of amides is 1. The van der Waals surface area contributed by atoms with Crippen LogP contribution in [0.2, 0.25) is 0 Å². The van der Waals surface area contributed by atoms with Gasteiger partial charge in [0.2, 0.25) is 17.8 Å². The van der Waals surface area contributed by atoms with Crippen molar-refractivity contribution >= 4 is 35.1 Å². The van der Waals surface area contributed by atoms with E-state index in [1.807, 2.05) is 62.4 Å². The van der Waals surface area contributed by atoms with Crippen LogP contribution in [0.25, 0.3) is 0 Å². The van der Waals surface area contributed by atoms with Gasteiger partial charge >= 0.3 is 5.97 Å². The maximum Gasteiger partial charge on any atom is 0.311 e. The van der Waals surface area contributed by atoms with Gasteiger partial charge in [-0.05, 0) is 38.1 Å². The number of anilines is 4. The Morgan fingerprint density at radius 3 is 2.41 bits per heavy atom. The highest BCUT2D eigenvalue weighted by atomic mass is 16.5. The molecule has 0 saturated carbocycles. The largest absolute Gasteiger partial charge is 0.457 e. The van der Waals surface area contributed by atoms with Crippen LogP contribution in [0.15, 0.2) is 48.5 Å². The van der Waals surface area contributed by atoms with Gasteiger partial charge in [-0.3, -0.25) is 9.59 Å². The molecule has 1 aliphatic rings. The number of hydrogen-bond donors (Lipinski definition) is 2. The Kier molecular flexibility index (Phi) is 5.98. The molecule has 0 radical (unpaired) electrons. The summed E-state index contributed by atoms with van der Waals surface area (Å²) in [6, 6.07) is 15.3. The zero-order chi connectivity index (χ0) is 22.7. The molecule has 1 atom stereocenters. The molecule has 1 aliphatic heterocycles. The molecule has 32 heavy (non-hydrogen) atoms. The molecule has 1 amide bonds. The summed E-state index contributed by atoms with van der Waals surface area (Å²) in [5.41, 5.74) is 9.58. The third kappa shape index (κ3) is 5.00. The Morgan fingerprint density at radius 2 is 1.72 bits per heavy atom. The average Bonchev–Trinajstić information content (AvgIpc) is 3.15. The third-order valence-electron chi connectivity index (χ3n) is 5.15. The van der Waals surface area contributed by atoms with Crippen molar-refractivity contribution in [2.24, 2.45) is 5.92 Å². The summed E-state index contributed by atoms with van der Waals surface area (Å²) >= 11 is 0. The highest BCUT2D eigenvalue weighted by molar-refractivity contribution is 5.99. The first-order chi connectivity index (χ1) is 15.4. The number of nitrogens with zero attached hydrogens (tertiary/aromatic N) is 4. The molecular formula is C23H24N6O3. The van der Waals surface area contributed by atoms with Gasteiger partial charge in [-0.1, -0.05) is 35.4 Å². The second-order valence-electron chi connectivity index (χ2n) is 7.77. The smallest absolute Gasteiger partial charge is 0.311 e. The molecule has 164 valence electrons.